The molecule has 3 aromatic carbocycles. The van der Waals surface area contributed by atoms with Crippen LogP contribution in [0.2, 0.25) is 5.02 Å². The predicted molar refractivity (Wildman–Crippen MR) is 162 cm³/mol. The SMILES string of the molecule is Cc1ccc2c(CCCC(=O)O)cn(CC(=O)O)c2c1C=Cc1ccc(OCCCCOc2cc(F)cc(F)c2Cl)cc1. The van der Waals surface area contributed by atoms with Crippen LogP contribution in [0.3, 0.4) is 0 Å². The maximum absolute atomic E-state index is 13.5. The van der Waals surface area contributed by atoms with Gasteiger partial charge in [0.15, 0.2) is 0 Å². The molecule has 1 heterocycles. The molecule has 0 aliphatic carbocycles. The molecular weight excluding hydrogens is 580 g/mol. The molecule has 2 N–H and O–H groups in total. The normalized spacial score (nSPS) is 11.3. The first-order chi connectivity index (χ1) is 20.6. The van der Waals surface area contributed by atoms with E-state index in [9.17, 15) is 23.5 Å². The fourth-order valence-electron chi connectivity index (χ4n) is 4.78. The topological polar surface area (TPSA) is 98.0 Å². The lowest BCUT2D eigenvalue weighted by molar-refractivity contribution is -0.138. The average molecular weight is 612 g/mol. The van der Waals surface area contributed by atoms with Crippen molar-refractivity contribution < 1.29 is 38.1 Å². The summed E-state index contributed by atoms with van der Waals surface area (Å²) in [5.74, 6) is -2.77. The minimum absolute atomic E-state index is 0.0265. The minimum Gasteiger partial charge on any atom is -0.494 e. The van der Waals surface area contributed by atoms with Gasteiger partial charge in [-0.3, -0.25) is 9.59 Å². The van der Waals surface area contributed by atoms with Crippen molar-refractivity contribution in [2.45, 2.75) is 45.6 Å². The van der Waals surface area contributed by atoms with Crippen molar-refractivity contribution in [3.05, 3.63) is 93.6 Å². The first kappa shape index (κ1) is 31.6. The van der Waals surface area contributed by atoms with Crippen molar-refractivity contribution >= 4 is 46.6 Å². The summed E-state index contributed by atoms with van der Waals surface area (Å²) in [6, 6.07) is 13.2. The molecule has 0 aliphatic rings. The summed E-state index contributed by atoms with van der Waals surface area (Å²) in [4.78, 5) is 22.6. The second kappa shape index (κ2) is 14.7. The van der Waals surface area contributed by atoms with E-state index in [-0.39, 0.29) is 30.3 Å². The maximum atomic E-state index is 13.5. The van der Waals surface area contributed by atoms with Crippen molar-refractivity contribution in [3.8, 4) is 11.5 Å². The van der Waals surface area contributed by atoms with Gasteiger partial charge in [0.2, 0.25) is 0 Å². The molecule has 1 aromatic heterocycles. The zero-order chi connectivity index (χ0) is 30.9. The van der Waals surface area contributed by atoms with E-state index in [1.807, 2.05) is 61.7 Å². The lowest BCUT2D eigenvalue weighted by Crippen LogP contribution is -2.08. The third-order valence-electron chi connectivity index (χ3n) is 6.87. The van der Waals surface area contributed by atoms with Crippen LogP contribution in [-0.4, -0.2) is 39.9 Å². The number of benzene rings is 3. The summed E-state index contributed by atoms with van der Waals surface area (Å²) in [5.41, 5.74) is 4.53. The van der Waals surface area contributed by atoms with Gasteiger partial charge in [-0.05, 0) is 61.4 Å². The number of ether oxygens (including phenoxy) is 2. The second-order valence-corrected chi connectivity index (χ2v) is 10.5. The number of aromatic nitrogens is 1. The largest absolute Gasteiger partial charge is 0.494 e. The summed E-state index contributed by atoms with van der Waals surface area (Å²) in [6.45, 7) is 2.44. The van der Waals surface area contributed by atoms with E-state index in [1.165, 1.54) is 0 Å². The van der Waals surface area contributed by atoms with E-state index >= 15 is 0 Å². The van der Waals surface area contributed by atoms with Crippen molar-refractivity contribution in [1.29, 1.82) is 0 Å². The van der Waals surface area contributed by atoms with Crippen LogP contribution in [0.15, 0.2) is 54.7 Å². The van der Waals surface area contributed by atoms with Crippen LogP contribution in [0.4, 0.5) is 8.78 Å². The highest BCUT2D eigenvalue weighted by molar-refractivity contribution is 6.32. The molecule has 10 heteroatoms. The van der Waals surface area contributed by atoms with Gasteiger partial charge < -0.3 is 24.3 Å². The fourth-order valence-corrected chi connectivity index (χ4v) is 4.94. The smallest absolute Gasteiger partial charge is 0.323 e. The Morgan fingerprint density at radius 2 is 1.65 bits per heavy atom. The third-order valence-corrected chi connectivity index (χ3v) is 7.24. The van der Waals surface area contributed by atoms with Gasteiger partial charge in [0.05, 0.1) is 18.7 Å². The third kappa shape index (κ3) is 8.58. The first-order valence-electron chi connectivity index (χ1n) is 13.9. The molecule has 0 saturated carbocycles. The molecule has 0 atom stereocenters. The van der Waals surface area contributed by atoms with Crippen molar-refractivity contribution in [3.63, 3.8) is 0 Å². The van der Waals surface area contributed by atoms with E-state index in [0.29, 0.717) is 44.1 Å². The number of carboxylic acids is 2. The number of fused-ring (bicyclic) bond motifs is 1. The molecule has 0 saturated heterocycles. The number of hydrogen-bond donors (Lipinski definition) is 2. The standard InChI is InChI=1S/C33H32ClF2NO6/c1-21-7-13-27-23(5-4-6-30(38)39)19-37(20-31(40)41)33(27)26(21)14-10-22-8-11-25(12-9-22)42-15-2-3-16-43-29-18-24(35)17-28(36)32(29)34/h7-14,17-19H,2-6,15-16,20H2,1H3,(H,38,39)(H,40,41). The number of carbonyl (C=O) groups is 2. The summed E-state index contributed by atoms with van der Waals surface area (Å²) in [7, 11) is 0. The fraction of sp³-hybridized carbons (Fsp3) is 0.273. The summed E-state index contributed by atoms with van der Waals surface area (Å²) < 4.78 is 39.8. The number of unbranched alkanes of at least 4 members (excludes halogenated alkanes) is 1. The van der Waals surface area contributed by atoms with E-state index in [4.69, 9.17) is 26.2 Å². The van der Waals surface area contributed by atoms with Crippen LogP contribution < -0.4 is 9.47 Å². The highest BCUT2D eigenvalue weighted by atomic mass is 35.5. The van der Waals surface area contributed by atoms with Gasteiger partial charge in [0.25, 0.3) is 0 Å². The van der Waals surface area contributed by atoms with Crippen LogP contribution in [-0.2, 0) is 22.6 Å². The Bertz CT molecular complexity index is 1630. The van der Waals surface area contributed by atoms with Crippen LogP contribution in [0.25, 0.3) is 23.1 Å². The molecular formula is C33H32ClF2NO6. The average Bonchev–Trinajstić information content (AvgIpc) is 3.29. The maximum Gasteiger partial charge on any atom is 0.323 e. The van der Waals surface area contributed by atoms with Crippen LogP contribution >= 0.6 is 11.6 Å². The molecule has 226 valence electrons. The molecule has 0 amide bonds. The highest BCUT2D eigenvalue weighted by Crippen LogP contribution is 2.31. The number of aliphatic carboxylic acids is 2. The lowest BCUT2D eigenvalue weighted by atomic mass is 10.00. The highest BCUT2D eigenvalue weighted by Gasteiger charge is 2.15. The number of nitrogens with zero attached hydrogens (tertiary/aromatic N) is 1. The number of carboxylic acid groups (broad SMARTS) is 2. The molecule has 0 bridgehead atoms. The monoisotopic (exact) mass is 611 g/mol. The first-order valence-corrected chi connectivity index (χ1v) is 14.2. The quantitative estimate of drug-likeness (QED) is 0.0809. The summed E-state index contributed by atoms with van der Waals surface area (Å²) >= 11 is 5.80. The zero-order valence-electron chi connectivity index (χ0n) is 23.6. The van der Waals surface area contributed by atoms with E-state index in [1.54, 1.807) is 4.57 Å². The predicted octanol–water partition coefficient (Wildman–Crippen LogP) is 7.78. The molecule has 7 nitrogen and oxygen atoms in total. The number of rotatable bonds is 15. The van der Waals surface area contributed by atoms with Crippen LogP contribution in [0, 0.1) is 18.6 Å². The molecule has 0 radical (unpaired) electrons. The Labute approximate surface area is 252 Å². The Kier molecular flexibility index (Phi) is 10.8. The van der Waals surface area contributed by atoms with Crippen molar-refractivity contribution in [1.82, 2.24) is 4.57 Å². The molecule has 0 spiro atoms. The molecule has 0 fully saturated rings. The summed E-state index contributed by atoms with van der Waals surface area (Å²) in [6.07, 6.45) is 8.04. The number of aryl methyl sites for hydroxylation is 2. The molecule has 0 unspecified atom stereocenters. The van der Waals surface area contributed by atoms with Gasteiger partial charge >= 0.3 is 11.9 Å². The van der Waals surface area contributed by atoms with E-state index < -0.39 is 23.6 Å². The van der Waals surface area contributed by atoms with Crippen molar-refractivity contribution in [2.75, 3.05) is 13.2 Å². The van der Waals surface area contributed by atoms with Gasteiger partial charge in [0.1, 0.15) is 34.7 Å². The molecule has 4 rings (SSSR count). The van der Waals surface area contributed by atoms with Gasteiger partial charge in [-0.1, -0.05) is 48.0 Å². The van der Waals surface area contributed by atoms with Crippen LogP contribution in [0.5, 0.6) is 11.5 Å². The Balaban J connectivity index is 1.37. The van der Waals surface area contributed by atoms with Gasteiger partial charge in [-0.2, -0.15) is 0 Å². The summed E-state index contributed by atoms with van der Waals surface area (Å²) in [5, 5.41) is 19.2. The van der Waals surface area contributed by atoms with E-state index in [0.717, 1.165) is 39.2 Å². The van der Waals surface area contributed by atoms with Crippen molar-refractivity contribution in [2.24, 2.45) is 0 Å². The zero-order valence-corrected chi connectivity index (χ0v) is 24.4. The molecule has 43 heavy (non-hydrogen) atoms. The second-order valence-electron chi connectivity index (χ2n) is 10.1. The van der Waals surface area contributed by atoms with E-state index in [2.05, 4.69) is 0 Å². The van der Waals surface area contributed by atoms with Gasteiger partial charge in [0, 0.05) is 35.7 Å². The number of halogens is 3. The molecule has 4 aromatic rings. The van der Waals surface area contributed by atoms with Gasteiger partial charge in [-0.15, -0.1) is 0 Å². The lowest BCUT2D eigenvalue weighted by Gasteiger charge is -2.10. The molecule has 0 aliphatic heterocycles. The Morgan fingerprint density at radius 3 is 2.35 bits per heavy atom. The number of hydrogen-bond acceptors (Lipinski definition) is 4. The minimum atomic E-state index is -0.958. The van der Waals surface area contributed by atoms with Crippen LogP contribution in [0.1, 0.15) is 47.9 Å². The Morgan fingerprint density at radius 1 is 0.930 bits per heavy atom. The Hall–Kier alpha value is -4.37. The van der Waals surface area contributed by atoms with Gasteiger partial charge in [-0.25, -0.2) is 8.78 Å².